The van der Waals surface area contributed by atoms with Gasteiger partial charge in [-0.25, -0.2) is 4.98 Å². The van der Waals surface area contributed by atoms with Gasteiger partial charge in [-0.3, -0.25) is 9.78 Å². The van der Waals surface area contributed by atoms with Crippen molar-refractivity contribution in [2.75, 3.05) is 13.1 Å². The predicted molar refractivity (Wildman–Crippen MR) is 94.1 cm³/mol. The number of carbonyl (C=O) groups is 1. The lowest BCUT2D eigenvalue weighted by atomic mass is 9.86. The van der Waals surface area contributed by atoms with E-state index in [-0.39, 0.29) is 5.91 Å². The van der Waals surface area contributed by atoms with E-state index in [0.717, 1.165) is 26.1 Å². The predicted octanol–water partition coefficient (Wildman–Crippen LogP) is 2.81. The molecule has 1 saturated heterocycles. The van der Waals surface area contributed by atoms with Crippen LogP contribution in [0.4, 0.5) is 0 Å². The van der Waals surface area contributed by atoms with Crippen molar-refractivity contribution in [3.05, 3.63) is 46.2 Å². The van der Waals surface area contributed by atoms with Crippen molar-refractivity contribution in [2.45, 2.75) is 44.2 Å². The summed E-state index contributed by atoms with van der Waals surface area (Å²) in [6.07, 6.45) is 10.3. The minimum atomic E-state index is 0.0810. The third kappa shape index (κ3) is 3.35. The molecule has 1 aliphatic heterocycles. The van der Waals surface area contributed by atoms with Gasteiger partial charge in [-0.15, -0.1) is 11.3 Å². The molecule has 2 aliphatic rings. The van der Waals surface area contributed by atoms with Crippen LogP contribution in [-0.2, 0) is 6.54 Å². The highest BCUT2D eigenvalue weighted by atomic mass is 32.1. The highest BCUT2D eigenvalue weighted by Gasteiger charge is 2.27. The van der Waals surface area contributed by atoms with Crippen molar-refractivity contribution in [3.8, 4) is 0 Å². The first-order chi connectivity index (χ1) is 11.8. The first-order valence-electron chi connectivity index (χ1n) is 8.67. The number of rotatable bonds is 5. The van der Waals surface area contributed by atoms with Crippen LogP contribution >= 0.6 is 11.3 Å². The summed E-state index contributed by atoms with van der Waals surface area (Å²) in [6.45, 7) is 2.42. The average Bonchev–Trinajstić information content (AvgIpc) is 3.21. The van der Waals surface area contributed by atoms with E-state index in [1.54, 1.807) is 12.4 Å². The van der Waals surface area contributed by atoms with Crippen LogP contribution in [0.25, 0.3) is 0 Å². The Kier molecular flexibility index (Phi) is 4.58. The molecule has 5 nitrogen and oxygen atoms in total. The van der Waals surface area contributed by atoms with Crippen LogP contribution in [0.5, 0.6) is 0 Å². The Labute approximate surface area is 146 Å². The van der Waals surface area contributed by atoms with Crippen molar-refractivity contribution < 1.29 is 4.79 Å². The number of carbonyl (C=O) groups excluding carboxylic acids is 1. The smallest absolute Gasteiger partial charge is 0.255 e. The lowest BCUT2D eigenvalue weighted by molar-refractivity contribution is 0.0789. The van der Waals surface area contributed by atoms with Gasteiger partial charge in [0.1, 0.15) is 0 Å². The third-order valence-electron chi connectivity index (χ3n) is 4.97. The molecule has 3 heterocycles. The van der Waals surface area contributed by atoms with Crippen LogP contribution in [0, 0.1) is 0 Å². The Bertz CT molecular complexity index is 698. The van der Waals surface area contributed by atoms with Gasteiger partial charge < -0.3 is 10.2 Å². The van der Waals surface area contributed by atoms with Gasteiger partial charge in [0, 0.05) is 55.1 Å². The zero-order valence-electron chi connectivity index (χ0n) is 13.6. The minimum Gasteiger partial charge on any atom is -0.337 e. The Morgan fingerprint density at radius 2 is 2.25 bits per heavy atom. The number of aromatic nitrogens is 2. The summed E-state index contributed by atoms with van der Waals surface area (Å²) in [7, 11) is 0. The maximum Gasteiger partial charge on any atom is 0.255 e. The molecular formula is C18H22N4OS. The lowest BCUT2D eigenvalue weighted by Gasteiger charge is -2.22. The topological polar surface area (TPSA) is 58.1 Å². The van der Waals surface area contributed by atoms with Crippen molar-refractivity contribution in [3.63, 3.8) is 0 Å². The number of likely N-dealkylation sites (tertiary alicyclic amines) is 1. The van der Waals surface area contributed by atoms with Crippen LogP contribution in [0.15, 0.2) is 30.7 Å². The Morgan fingerprint density at radius 1 is 1.33 bits per heavy atom. The zero-order chi connectivity index (χ0) is 16.4. The van der Waals surface area contributed by atoms with Gasteiger partial charge in [0.15, 0.2) is 0 Å². The minimum absolute atomic E-state index is 0.0810. The number of hydrogen-bond acceptors (Lipinski definition) is 5. The third-order valence-corrected chi connectivity index (χ3v) is 6.13. The van der Waals surface area contributed by atoms with Gasteiger partial charge >= 0.3 is 0 Å². The molecule has 24 heavy (non-hydrogen) atoms. The summed E-state index contributed by atoms with van der Waals surface area (Å²) in [4.78, 5) is 24.3. The molecule has 126 valence electrons. The fourth-order valence-electron chi connectivity index (χ4n) is 3.28. The maximum atomic E-state index is 12.4. The second kappa shape index (κ2) is 6.99. The molecule has 1 N–H and O–H groups in total. The van der Waals surface area contributed by atoms with Gasteiger partial charge in [0.2, 0.25) is 0 Å². The molecule has 0 bridgehead atoms. The van der Waals surface area contributed by atoms with Gasteiger partial charge in [-0.05, 0) is 31.4 Å². The molecule has 2 fully saturated rings. The molecule has 1 amide bonds. The molecule has 1 atom stereocenters. The van der Waals surface area contributed by atoms with Crippen LogP contribution in [0.1, 0.15) is 51.8 Å². The number of nitrogens with zero attached hydrogens (tertiary/aromatic N) is 3. The largest absolute Gasteiger partial charge is 0.337 e. The fourth-order valence-corrected chi connectivity index (χ4v) is 4.31. The van der Waals surface area contributed by atoms with E-state index in [1.807, 2.05) is 34.6 Å². The van der Waals surface area contributed by atoms with Gasteiger partial charge in [0.05, 0.1) is 10.6 Å². The summed E-state index contributed by atoms with van der Waals surface area (Å²) in [6, 6.07) is 4.00. The number of pyridine rings is 1. The molecule has 0 spiro atoms. The van der Waals surface area contributed by atoms with Crippen molar-refractivity contribution in [1.29, 1.82) is 0 Å². The first kappa shape index (κ1) is 15.7. The molecule has 1 aliphatic carbocycles. The van der Waals surface area contributed by atoms with E-state index >= 15 is 0 Å². The Morgan fingerprint density at radius 3 is 3.00 bits per heavy atom. The number of amides is 1. The zero-order valence-corrected chi connectivity index (χ0v) is 14.5. The summed E-state index contributed by atoms with van der Waals surface area (Å²) in [5.74, 6) is 0.792. The van der Waals surface area contributed by atoms with E-state index in [9.17, 15) is 4.79 Å². The SMILES string of the molecule is O=C(c1cccnc1)N1CCC(NCc2cnc(C3CCC3)s2)C1. The average molecular weight is 342 g/mol. The number of thiazole rings is 1. The molecule has 0 aromatic carbocycles. The molecule has 0 radical (unpaired) electrons. The monoisotopic (exact) mass is 342 g/mol. The van der Waals surface area contributed by atoms with Crippen LogP contribution in [-0.4, -0.2) is 39.9 Å². The molecule has 4 rings (SSSR count). The summed E-state index contributed by atoms with van der Waals surface area (Å²) in [5, 5.41) is 4.89. The van der Waals surface area contributed by atoms with E-state index in [0.29, 0.717) is 17.5 Å². The van der Waals surface area contributed by atoms with Crippen LogP contribution in [0.2, 0.25) is 0 Å². The van der Waals surface area contributed by atoms with Crippen molar-refractivity contribution >= 4 is 17.2 Å². The van der Waals surface area contributed by atoms with E-state index in [2.05, 4.69) is 15.3 Å². The molecule has 6 heteroatoms. The summed E-state index contributed by atoms with van der Waals surface area (Å²) in [5.41, 5.74) is 0.672. The quantitative estimate of drug-likeness (QED) is 0.908. The molecule has 1 unspecified atom stereocenters. The Balaban J connectivity index is 1.28. The van der Waals surface area contributed by atoms with Crippen molar-refractivity contribution in [1.82, 2.24) is 20.2 Å². The van der Waals surface area contributed by atoms with Crippen LogP contribution in [0.3, 0.4) is 0 Å². The van der Waals surface area contributed by atoms with E-state index in [4.69, 9.17) is 0 Å². The lowest BCUT2D eigenvalue weighted by Crippen LogP contribution is -2.34. The van der Waals surface area contributed by atoms with E-state index < -0.39 is 0 Å². The second-order valence-corrected chi connectivity index (χ2v) is 7.80. The maximum absolute atomic E-state index is 12.4. The van der Waals surface area contributed by atoms with E-state index in [1.165, 1.54) is 29.1 Å². The summed E-state index contributed by atoms with van der Waals surface area (Å²) < 4.78 is 0. The Hall–Kier alpha value is -1.79. The summed E-state index contributed by atoms with van der Waals surface area (Å²) >= 11 is 1.84. The highest BCUT2D eigenvalue weighted by molar-refractivity contribution is 7.11. The number of nitrogens with one attached hydrogen (secondary N) is 1. The van der Waals surface area contributed by atoms with Gasteiger partial charge in [-0.1, -0.05) is 6.42 Å². The second-order valence-electron chi connectivity index (χ2n) is 6.65. The highest BCUT2D eigenvalue weighted by Crippen LogP contribution is 2.38. The van der Waals surface area contributed by atoms with Gasteiger partial charge in [-0.2, -0.15) is 0 Å². The van der Waals surface area contributed by atoms with Crippen LogP contribution < -0.4 is 5.32 Å². The first-order valence-corrected chi connectivity index (χ1v) is 9.48. The molecule has 2 aromatic heterocycles. The molecule has 1 saturated carbocycles. The molecular weight excluding hydrogens is 320 g/mol. The standard InChI is InChI=1S/C18H22N4OS/c23-18(14-5-2-7-19-9-14)22-8-6-15(12-22)20-10-16-11-21-17(24-16)13-3-1-4-13/h2,5,7,9,11,13,15,20H,1,3-4,6,8,10,12H2. The van der Waals surface area contributed by atoms with Gasteiger partial charge in [0.25, 0.3) is 5.91 Å². The van der Waals surface area contributed by atoms with Crippen molar-refractivity contribution in [2.24, 2.45) is 0 Å². The molecule has 2 aromatic rings. The number of hydrogen-bond donors (Lipinski definition) is 1. The normalized spacial score (nSPS) is 21.0. The fraction of sp³-hybridized carbons (Fsp3) is 0.500.